The Bertz CT molecular complexity index is 946. The van der Waals surface area contributed by atoms with Crippen molar-refractivity contribution >= 4 is 11.4 Å². The van der Waals surface area contributed by atoms with E-state index in [-0.39, 0.29) is 30.0 Å². The number of hydrogen-bond acceptors (Lipinski definition) is 8. The molecule has 2 aromatic rings. The van der Waals surface area contributed by atoms with Crippen LogP contribution in [0.1, 0.15) is 11.1 Å². The SMILES string of the molecule is COc1cccc(CC#N)c1[N+](=O)[O-].COc1cccc([N+](=O)[O-])c1CC#N. The Kier molecular flexibility index (Phi) is 8.38. The van der Waals surface area contributed by atoms with Crippen LogP contribution in [-0.4, -0.2) is 24.1 Å². The number of para-hydroxylation sites is 1. The topological polar surface area (TPSA) is 152 Å². The quantitative estimate of drug-likeness (QED) is 0.543. The van der Waals surface area contributed by atoms with Crippen molar-refractivity contribution in [3.63, 3.8) is 0 Å². The number of rotatable bonds is 6. The molecule has 0 spiro atoms. The average Bonchev–Trinajstić information content (AvgIpc) is 2.68. The van der Waals surface area contributed by atoms with Gasteiger partial charge < -0.3 is 9.47 Å². The molecular formula is C18H16N4O6. The van der Waals surface area contributed by atoms with E-state index in [1.807, 2.05) is 12.1 Å². The molecule has 0 unspecified atom stereocenters. The van der Waals surface area contributed by atoms with Gasteiger partial charge in [0.15, 0.2) is 5.75 Å². The Balaban J connectivity index is 0.000000280. The molecule has 10 nitrogen and oxygen atoms in total. The lowest BCUT2D eigenvalue weighted by atomic mass is 10.1. The number of hydrogen-bond donors (Lipinski definition) is 0. The second kappa shape index (κ2) is 10.7. The van der Waals surface area contributed by atoms with Crippen molar-refractivity contribution in [1.82, 2.24) is 0 Å². The zero-order valence-corrected chi connectivity index (χ0v) is 15.1. The third-order valence-electron chi connectivity index (χ3n) is 3.54. The van der Waals surface area contributed by atoms with Crippen molar-refractivity contribution in [2.45, 2.75) is 12.8 Å². The largest absolute Gasteiger partial charge is 0.496 e. The highest BCUT2D eigenvalue weighted by Gasteiger charge is 2.19. The van der Waals surface area contributed by atoms with Crippen LogP contribution in [0.4, 0.5) is 11.4 Å². The summed E-state index contributed by atoms with van der Waals surface area (Å²) in [5.41, 5.74) is 0.488. The van der Waals surface area contributed by atoms with Crippen LogP contribution in [0.2, 0.25) is 0 Å². The van der Waals surface area contributed by atoms with E-state index in [0.717, 1.165) is 0 Å². The maximum absolute atomic E-state index is 10.7. The van der Waals surface area contributed by atoms with Crippen LogP contribution in [0.3, 0.4) is 0 Å². The smallest absolute Gasteiger partial charge is 0.315 e. The molecule has 10 heteroatoms. The van der Waals surface area contributed by atoms with E-state index in [0.29, 0.717) is 16.9 Å². The third-order valence-corrected chi connectivity index (χ3v) is 3.54. The molecule has 0 aromatic heterocycles. The summed E-state index contributed by atoms with van der Waals surface area (Å²) in [6, 6.07) is 12.9. The molecule has 0 saturated carbocycles. The second-order valence-electron chi connectivity index (χ2n) is 5.11. The van der Waals surface area contributed by atoms with Crippen LogP contribution in [0, 0.1) is 42.9 Å². The van der Waals surface area contributed by atoms with Gasteiger partial charge in [-0.1, -0.05) is 18.2 Å². The van der Waals surface area contributed by atoms with Crippen molar-refractivity contribution in [3.05, 3.63) is 67.8 Å². The van der Waals surface area contributed by atoms with E-state index >= 15 is 0 Å². The molecule has 0 aliphatic rings. The molecule has 28 heavy (non-hydrogen) atoms. The molecule has 0 amide bonds. The highest BCUT2D eigenvalue weighted by molar-refractivity contribution is 5.53. The van der Waals surface area contributed by atoms with Crippen LogP contribution in [0.15, 0.2) is 36.4 Å². The number of methoxy groups -OCH3 is 2. The lowest BCUT2D eigenvalue weighted by Gasteiger charge is -2.04. The Morgan fingerprint density at radius 2 is 1.46 bits per heavy atom. The van der Waals surface area contributed by atoms with Gasteiger partial charge in [-0.2, -0.15) is 10.5 Å². The molecule has 0 N–H and O–H groups in total. The summed E-state index contributed by atoms with van der Waals surface area (Å²) in [7, 11) is 2.78. The monoisotopic (exact) mass is 384 g/mol. The van der Waals surface area contributed by atoms with Crippen LogP contribution in [0.25, 0.3) is 0 Å². The fourth-order valence-electron chi connectivity index (χ4n) is 2.34. The highest BCUT2D eigenvalue weighted by Crippen LogP contribution is 2.30. The number of ether oxygens (including phenoxy) is 2. The fourth-order valence-corrected chi connectivity index (χ4v) is 2.34. The maximum atomic E-state index is 10.7. The molecule has 0 aliphatic carbocycles. The van der Waals surface area contributed by atoms with Gasteiger partial charge in [0.2, 0.25) is 0 Å². The highest BCUT2D eigenvalue weighted by atomic mass is 16.6. The third kappa shape index (κ3) is 5.41. The van der Waals surface area contributed by atoms with Gasteiger partial charge >= 0.3 is 5.69 Å². The molecular weight excluding hydrogens is 368 g/mol. The second-order valence-corrected chi connectivity index (χ2v) is 5.11. The first-order valence-electron chi connectivity index (χ1n) is 7.75. The summed E-state index contributed by atoms with van der Waals surface area (Å²) in [6.07, 6.45) is -0.0200. The summed E-state index contributed by atoms with van der Waals surface area (Å²) < 4.78 is 9.78. The minimum Gasteiger partial charge on any atom is -0.496 e. The summed E-state index contributed by atoms with van der Waals surface area (Å²) >= 11 is 0. The van der Waals surface area contributed by atoms with Crippen molar-refractivity contribution in [2.24, 2.45) is 0 Å². The normalized spacial score (nSPS) is 9.14. The van der Waals surface area contributed by atoms with E-state index in [4.69, 9.17) is 20.0 Å². The van der Waals surface area contributed by atoms with Crippen LogP contribution >= 0.6 is 0 Å². The molecule has 0 radical (unpaired) electrons. The van der Waals surface area contributed by atoms with Crippen molar-refractivity contribution in [3.8, 4) is 23.6 Å². The minimum atomic E-state index is -0.536. The number of nitro benzene ring substituents is 2. The zero-order valence-electron chi connectivity index (χ0n) is 15.1. The Morgan fingerprint density at radius 1 is 0.893 bits per heavy atom. The first-order valence-corrected chi connectivity index (χ1v) is 7.75. The zero-order chi connectivity index (χ0) is 21.1. The lowest BCUT2D eigenvalue weighted by Crippen LogP contribution is -1.98. The van der Waals surface area contributed by atoms with Gasteiger partial charge in [0, 0.05) is 11.6 Å². The molecule has 0 heterocycles. The van der Waals surface area contributed by atoms with Crippen LogP contribution in [0.5, 0.6) is 11.5 Å². The van der Waals surface area contributed by atoms with Gasteiger partial charge in [0.25, 0.3) is 5.69 Å². The van der Waals surface area contributed by atoms with Crippen LogP contribution < -0.4 is 9.47 Å². The molecule has 0 atom stereocenters. The maximum Gasteiger partial charge on any atom is 0.315 e. The summed E-state index contributed by atoms with van der Waals surface area (Å²) in [4.78, 5) is 20.2. The van der Waals surface area contributed by atoms with Gasteiger partial charge in [-0.3, -0.25) is 20.2 Å². The van der Waals surface area contributed by atoms with Crippen molar-refractivity contribution in [1.29, 1.82) is 10.5 Å². The molecule has 0 bridgehead atoms. The van der Waals surface area contributed by atoms with E-state index < -0.39 is 9.85 Å². The summed E-state index contributed by atoms with van der Waals surface area (Å²) in [5.74, 6) is 0.559. The minimum absolute atomic E-state index is 0.00745. The first kappa shape index (κ1) is 21.9. The number of nitriles is 2. The predicted molar refractivity (Wildman–Crippen MR) is 97.9 cm³/mol. The molecule has 144 valence electrons. The molecule has 2 aromatic carbocycles. The van der Waals surface area contributed by atoms with E-state index in [1.54, 1.807) is 18.2 Å². The standard InChI is InChI=1S/2C9H8N2O3/c1-14-9-4-2-3-8(11(12)13)7(9)5-6-10;1-14-8-4-2-3-7(5-6-10)9(8)11(12)13/h2*2-4H,5H2,1H3. The average molecular weight is 384 g/mol. The number of nitrogens with zero attached hydrogens (tertiary/aromatic N) is 4. The van der Waals surface area contributed by atoms with Gasteiger partial charge in [0.1, 0.15) is 5.75 Å². The predicted octanol–water partition coefficient (Wildman–Crippen LogP) is 3.34. The summed E-state index contributed by atoms with van der Waals surface area (Å²) in [5, 5.41) is 38.3. The Labute approximate surface area is 160 Å². The number of benzene rings is 2. The molecule has 0 aliphatic heterocycles. The van der Waals surface area contributed by atoms with Crippen molar-refractivity contribution < 1.29 is 19.3 Å². The molecule has 0 saturated heterocycles. The van der Waals surface area contributed by atoms with Crippen LogP contribution in [-0.2, 0) is 12.8 Å². The van der Waals surface area contributed by atoms with Gasteiger partial charge in [0.05, 0.1) is 54.6 Å². The van der Waals surface area contributed by atoms with Gasteiger partial charge in [-0.05, 0) is 12.1 Å². The Hall–Kier alpha value is -4.18. The van der Waals surface area contributed by atoms with E-state index in [1.165, 1.54) is 32.4 Å². The molecule has 2 rings (SSSR count). The van der Waals surface area contributed by atoms with Gasteiger partial charge in [-0.25, -0.2) is 0 Å². The van der Waals surface area contributed by atoms with Crippen molar-refractivity contribution in [2.75, 3.05) is 14.2 Å². The first-order chi connectivity index (χ1) is 13.4. The van der Waals surface area contributed by atoms with E-state index in [9.17, 15) is 20.2 Å². The van der Waals surface area contributed by atoms with Gasteiger partial charge in [-0.15, -0.1) is 0 Å². The van der Waals surface area contributed by atoms with E-state index in [2.05, 4.69) is 0 Å². The lowest BCUT2D eigenvalue weighted by molar-refractivity contribution is -0.386. The fraction of sp³-hybridized carbons (Fsp3) is 0.222. The number of nitro groups is 2. The Morgan fingerprint density at radius 3 is 1.96 bits per heavy atom. The summed E-state index contributed by atoms with van der Waals surface area (Å²) in [6.45, 7) is 0. The molecule has 0 fully saturated rings.